The fourth-order valence-corrected chi connectivity index (χ4v) is 3.63. The number of rotatable bonds is 1. The van der Waals surface area contributed by atoms with Gasteiger partial charge in [-0.3, -0.25) is 9.78 Å². The number of hydrogen-bond acceptors (Lipinski definition) is 3. The summed E-state index contributed by atoms with van der Waals surface area (Å²) in [4.78, 5) is 16.4. The molecule has 2 aromatic rings. The molecule has 0 aromatic carbocycles. The second-order valence-corrected chi connectivity index (χ2v) is 5.78. The first-order chi connectivity index (χ1) is 9.83. The maximum atomic E-state index is 12.2. The number of nitrogens with zero attached hydrogens (tertiary/aromatic N) is 2. The third-order valence-corrected chi connectivity index (χ3v) is 4.47. The van der Waals surface area contributed by atoms with Crippen LogP contribution in [0.4, 0.5) is 0 Å². The summed E-state index contributed by atoms with van der Waals surface area (Å²) in [5.41, 5.74) is 3.57. The first-order valence-electron chi connectivity index (χ1n) is 7.18. The lowest BCUT2D eigenvalue weighted by Gasteiger charge is -2.38. The standard InChI is InChI=1S/C16H17N3O/c20-15-4-3-14(12-2-1-5-17-8-12)16-13-6-11(7-18-9-13)10-19(15)16/h1-5,8,11,13,18H,6-7,9-10H2/t11-,13-/m0/s1. The summed E-state index contributed by atoms with van der Waals surface area (Å²) in [7, 11) is 0. The highest BCUT2D eigenvalue weighted by Gasteiger charge is 2.32. The molecule has 0 aliphatic carbocycles. The van der Waals surface area contributed by atoms with Crippen LogP contribution in [0.25, 0.3) is 11.1 Å². The van der Waals surface area contributed by atoms with E-state index in [0.717, 1.165) is 30.8 Å². The smallest absolute Gasteiger partial charge is 0.250 e. The van der Waals surface area contributed by atoms with Crippen molar-refractivity contribution in [3.8, 4) is 11.1 Å². The molecular weight excluding hydrogens is 250 g/mol. The Morgan fingerprint density at radius 1 is 1.25 bits per heavy atom. The van der Waals surface area contributed by atoms with Gasteiger partial charge >= 0.3 is 0 Å². The lowest BCUT2D eigenvalue weighted by molar-refractivity contribution is 0.258. The molecule has 0 spiro atoms. The zero-order valence-corrected chi connectivity index (χ0v) is 11.2. The average molecular weight is 267 g/mol. The number of piperidine rings is 1. The summed E-state index contributed by atoms with van der Waals surface area (Å²) in [6.07, 6.45) is 4.84. The van der Waals surface area contributed by atoms with Crippen molar-refractivity contribution in [1.82, 2.24) is 14.9 Å². The Morgan fingerprint density at radius 3 is 3.05 bits per heavy atom. The highest BCUT2D eigenvalue weighted by molar-refractivity contribution is 5.66. The van der Waals surface area contributed by atoms with E-state index >= 15 is 0 Å². The lowest BCUT2D eigenvalue weighted by Crippen LogP contribution is -2.45. The van der Waals surface area contributed by atoms with Gasteiger partial charge in [-0.2, -0.15) is 0 Å². The molecule has 2 aliphatic heterocycles. The van der Waals surface area contributed by atoms with Gasteiger partial charge in [-0.05, 0) is 31.0 Å². The van der Waals surface area contributed by atoms with Crippen LogP contribution in [0.2, 0.25) is 0 Å². The fourth-order valence-electron chi connectivity index (χ4n) is 3.63. The van der Waals surface area contributed by atoms with Crippen LogP contribution in [0.5, 0.6) is 0 Å². The van der Waals surface area contributed by atoms with Crippen molar-refractivity contribution in [2.75, 3.05) is 13.1 Å². The maximum Gasteiger partial charge on any atom is 0.250 e. The van der Waals surface area contributed by atoms with E-state index in [0.29, 0.717) is 11.8 Å². The van der Waals surface area contributed by atoms with Crippen molar-refractivity contribution >= 4 is 0 Å². The zero-order valence-electron chi connectivity index (χ0n) is 11.2. The van der Waals surface area contributed by atoms with E-state index in [2.05, 4.69) is 16.4 Å². The molecule has 1 saturated heterocycles. The number of pyridine rings is 2. The number of aromatic nitrogens is 2. The summed E-state index contributed by atoms with van der Waals surface area (Å²) in [6, 6.07) is 7.67. The molecule has 0 saturated carbocycles. The summed E-state index contributed by atoms with van der Waals surface area (Å²) < 4.78 is 1.99. The van der Waals surface area contributed by atoms with Crippen molar-refractivity contribution in [2.24, 2.45) is 5.92 Å². The minimum Gasteiger partial charge on any atom is -0.316 e. The van der Waals surface area contributed by atoms with Gasteiger partial charge in [0.25, 0.3) is 5.56 Å². The normalized spacial score (nSPS) is 24.2. The van der Waals surface area contributed by atoms with Crippen LogP contribution in [-0.2, 0) is 6.54 Å². The molecule has 1 N–H and O–H groups in total. The molecule has 20 heavy (non-hydrogen) atoms. The maximum absolute atomic E-state index is 12.2. The van der Waals surface area contributed by atoms with E-state index in [1.54, 1.807) is 12.3 Å². The first-order valence-corrected chi connectivity index (χ1v) is 7.18. The van der Waals surface area contributed by atoms with E-state index in [9.17, 15) is 4.79 Å². The van der Waals surface area contributed by atoms with Crippen LogP contribution >= 0.6 is 0 Å². The molecule has 102 valence electrons. The topological polar surface area (TPSA) is 46.9 Å². The Morgan fingerprint density at radius 2 is 2.20 bits per heavy atom. The summed E-state index contributed by atoms with van der Waals surface area (Å²) >= 11 is 0. The largest absolute Gasteiger partial charge is 0.316 e. The summed E-state index contributed by atoms with van der Waals surface area (Å²) in [6.45, 7) is 2.83. The second kappa shape index (κ2) is 4.56. The van der Waals surface area contributed by atoms with Crippen LogP contribution in [0.15, 0.2) is 41.5 Å². The first kappa shape index (κ1) is 11.9. The lowest BCUT2D eigenvalue weighted by atomic mass is 9.81. The predicted molar refractivity (Wildman–Crippen MR) is 77.7 cm³/mol. The zero-order chi connectivity index (χ0) is 13.5. The van der Waals surface area contributed by atoms with Crippen LogP contribution in [-0.4, -0.2) is 22.6 Å². The highest BCUT2D eigenvalue weighted by Crippen LogP contribution is 2.37. The molecular formula is C16H17N3O. The molecule has 1 fully saturated rings. The SMILES string of the molecule is O=c1ccc(-c2cccnc2)c2n1C[C@@H]1CNC[C@@H]2C1. The molecule has 4 heteroatoms. The Labute approximate surface area is 117 Å². The monoisotopic (exact) mass is 267 g/mol. The van der Waals surface area contributed by atoms with Gasteiger partial charge in [0, 0.05) is 54.3 Å². The summed E-state index contributed by atoms with van der Waals surface area (Å²) in [5.74, 6) is 1.02. The van der Waals surface area contributed by atoms with E-state index in [4.69, 9.17) is 0 Å². The van der Waals surface area contributed by atoms with Crippen molar-refractivity contribution < 1.29 is 0 Å². The van der Waals surface area contributed by atoms with Crippen LogP contribution in [0, 0.1) is 5.92 Å². The van der Waals surface area contributed by atoms with Gasteiger partial charge in [-0.15, -0.1) is 0 Å². The van der Waals surface area contributed by atoms with Crippen LogP contribution in [0.1, 0.15) is 18.0 Å². The van der Waals surface area contributed by atoms with Gasteiger partial charge < -0.3 is 9.88 Å². The molecule has 2 bridgehead atoms. The molecule has 0 unspecified atom stereocenters. The van der Waals surface area contributed by atoms with Crippen molar-refractivity contribution in [2.45, 2.75) is 18.9 Å². The van der Waals surface area contributed by atoms with E-state index in [1.807, 2.05) is 22.9 Å². The number of fused-ring (bicyclic) bond motifs is 4. The van der Waals surface area contributed by atoms with Gasteiger partial charge in [0.1, 0.15) is 0 Å². The Kier molecular flexibility index (Phi) is 2.70. The van der Waals surface area contributed by atoms with Crippen LogP contribution in [0.3, 0.4) is 0 Å². The third kappa shape index (κ3) is 1.79. The molecule has 4 heterocycles. The molecule has 4 nitrogen and oxygen atoms in total. The molecule has 2 aromatic heterocycles. The highest BCUT2D eigenvalue weighted by atomic mass is 16.1. The van der Waals surface area contributed by atoms with Crippen LogP contribution < -0.4 is 10.9 Å². The molecule has 0 radical (unpaired) electrons. The minimum absolute atomic E-state index is 0.129. The quantitative estimate of drug-likeness (QED) is 0.854. The van der Waals surface area contributed by atoms with Gasteiger partial charge in [0.05, 0.1) is 0 Å². The molecule has 2 atom stereocenters. The third-order valence-electron chi connectivity index (χ3n) is 4.47. The van der Waals surface area contributed by atoms with Crippen molar-refractivity contribution in [1.29, 1.82) is 0 Å². The second-order valence-electron chi connectivity index (χ2n) is 5.78. The van der Waals surface area contributed by atoms with E-state index in [1.165, 1.54) is 12.1 Å². The Hall–Kier alpha value is -1.94. The van der Waals surface area contributed by atoms with Gasteiger partial charge in [0.2, 0.25) is 0 Å². The average Bonchev–Trinajstić information content (AvgIpc) is 2.50. The van der Waals surface area contributed by atoms with Gasteiger partial charge in [0.15, 0.2) is 0 Å². The van der Waals surface area contributed by atoms with Gasteiger partial charge in [-0.1, -0.05) is 6.07 Å². The molecule has 4 rings (SSSR count). The predicted octanol–water partition coefficient (Wildman–Crippen LogP) is 1.62. The molecule has 2 aliphatic rings. The minimum atomic E-state index is 0.129. The van der Waals surface area contributed by atoms with E-state index < -0.39 is 0 Å². The Balaban J connectivity index is 1.94. The number of nitrogens with one attached hydrogen (secondary N) is 1. The molecule has 0 amide bonds. The van der Waals surface area contributed by atoms with E-state index in [-0.39, 0.29) is 5.56 Å². The van der Waals surface area contributed by atoms with Crippen molar-refractivity contribution in [3.05, 3.63) is 52.7 Å². The summed E-state index contributed by atoms with van der Waals surface area (Å²) in [5, 5.41) is 3.49. The Bertz CT molecular complexity index is 693. The number of hydrogen-bond donors (Lipinski definition) is 1. The van der Waals surface area contributed by atoms with Crippen molar-refractivity contribution in [3.63, 3.8) is 0 Å². The fraction of sp³-hybridized carbons (Fsp3) is 0.375. The van der Waals surface area contributed by atoms with Gasteiger partial charge in [-0.25, -0.2) is 0 Å².